The lowest BCUT2D eigenvalue weighted by molar-refractivity contribution is 0.0943. The number of sulfonamides is 4. The van der Waals surface area contributed by atoms with E-state index in [1.165, 1.54) is 109 Å². The second-order valence-corrected chi connectivity index (χ2v) is 50.5. The minimum Gasteiger partial charge on any atom is -0.497 e. The van der Waals surface area contributed by atoms with Crippen LogP contribution >= 0.6 is 56.9 Å². The quantitative estimate of drug-likeness (QED) is 0.0165. The molecule has 28 nitrogen and oxygen atoms in total. The Morgan fingerprint density at radius 1 is 0.320 bits per heavy atom. The highest BCUT2D eigenvalue weighted by Crippen LogP contribution is 2.35. The van der Waals surface area contributed by atoms with Crippen molar-refractivity contribution in [1.29, 1.82) is 0 Å². The number of carbonyl (C=O) groups excluding carboxylic acids is 4. The molecule has 16 rings (SSSR count). The molecular weight excluding hydrogens is 2040 g/mol. The van der Waals surface area contributed by atoms with Crippen molar-refractivity contribution >= 4 is 121 Å². The largest absolute Gasteiger partial charge is 0.497 e. The Kier molecular flexibility index (Phi) is 42.7. The van der Waals surface area contributed by atoms with Crippen molar-refractivity contribution in [2.24, 2.45) is 0 Å². The summed E-state index contributed by atoms with van der Waals surface area (Å²) in [7, 11) is -8.00. The topological polar surface area (TPSA) is 351 Å². The first-order valence-electron chi connectivity index (χ1n) is 49.7. The van der Waals surface area contributed by atoms with E-state index >= 15 is 0 Å². The number of methoxy groups -OCH3 is 4. The lowest BCUT2D eigenvalue weighted by Gasteiger charge is -2.31. The third-order valence-electron chi connectivity index (χ3n) is 26.4. The van der Waals surface area contributed by atoms with E-state index < -0.39 is 40.1 Å². The summed E-state index contributed by atoms with van der Waals surface area (Å²) in [5.41, 5.74) is 13.5. The van der Waals surface area contributed by atoms with Crippen LogP contribution in [0.4, 0.5) is 0 Å². The van der Waals surface area contributed by atoms with Crippen LogP contribution in [0, 0.1) is 20.8 Å². The van der Waals surface area contributed by atoms with Gasteiger partial charge in [-0.1, -0.05) is 141 Å². The molecule has 4 saturated heterocycles. The van der Waals surface area contributed by atoms with Gasteiger partial charge in [0.25, 0.3) is 63.7 Å². The third-order valence-corrected chi connectivity index (χ3v) is 40.4. The number of nitrogens with zero attached hydrogens (tertiary/aromatic N) is 4. The summed E-state index contributed by atoms with van der Waals surface area (Å²) >= 11 is 10.7. The van der Waals surface area contributed by atoms with Gasteiger partial charge in [0.05, 0.1) is 54.6 Å². The zero-order valence-corrected chi connectivity index (χ0v) is 92.0. The molecule has 37 heteroatoms. The minimum atomic E-state index is -3.56. The van der Waals surface area contributed by atoms with Crippen LogP contribution in [0.25, 0.3) is 0 Å². The highest BCUT2D eigenvalue weighted by molar-refractivity contribution is 7.92. The van der Waals surface area contributed by atoms with Gasteiger partial charge < -0.3 is 61.5 Å². The number of halogens is 1. The molecule has 786 valence electrons. The molecule has 0 unspecified atom stereocenters. The molecule has 8 N–H and O–H groups in total. The van der Waals surface area contributed by atoms with E-state index in [9.17, 15) is 52.8 Å². The first kappa shape index (κ1) is 114. The van der Waals surface area contributed by atoms with Crippen LogP contribution in [0.2, 0.25) is 5.02 Å². The number of piperidine rings is 4. The molecule has 0 saturated carbocycles. The summed E-state index contributed by atoms with van der Waals surface area (Å²) in [5, 5.41) is 26.4. The van der Waals surface area contributed by atoms with Gasteiger partial charge in [-0.3, -0.25) is 19.2 Å². The van der Waals surface area contributed by atoms with E-state index in [4.69, 9.17) is 30.5 Å². The molecule has 12 aromatic rings. The van der Waals surface area contributed by atoms with Crippen molar-refractivity contribution in [3.05, 3.63) is 327 Å². The average Bonchev–Trinajstić information content (AvgIpc) is 1.77. The van der Waals surface area contributed by atoms with Crippen LogP contribution in [0.5, 0.6) is 23.0 Å². The van der Waals surface area contributed by atoms with E-state index in [1.54, 1.807) is 191 Å². The smallest absolute Gasteiger partial charge is 0.252 e. The molecule has 4 aliphatic rings. The number of hydrogen-bond acceptors (Lipinski definition) is 24. The SMILES string of the molecule is CCCCCc1ccc(CNC2CCN(S(=O)(=O)c3ccc(CNC(=O)c4cccc(OC)c4)s3)CC2)cc1.CCc1ccc(CNC2CCN(S(=O)(=O)c3ccc(CNC(=O)c4cccc(OC)c4)s3)CC2)cc1.COc1cccc(C(=O)NCc2ccc(S(=O)(=O)N3CCC(NCc4c(C)cc(C)cc4C)CC3)s2)c1.COc1cccc(C(=O)NCc2ccc(S(=O)(=O)N3CCC(NCc4ccc(Cl)cc4)CC3)s2)c1. The number of ether oxygens (including phenoxy) is 4. The molecule has 147 heavy (non-hydrogen) atoms. The number of amides is 4. The molecule has 8 heterocycles. The van der Waals surface area contributed by atoms with Gasteiger partial charge in [-0.05, 0) is 269 Å². The summed E-state index contributed by atoms with van der Waals surface area (Å²) in [4.78, 5) is 53.0. The number of nitrogens with one attached hydrogen (secondary N) is 8. The average molecular weight is 2170 g/mol. The van der Waals surface area contributed by atoms with Crippen LogP contribution in [-0.2, 0) is 105 Å². The Morgan fingerprint density at radius 2 is 0.578 bits per heavy atom. The molecule has 0 radical (unpaired) electrons. The van der Waals surface area contributed by atoms with E-state index in [0.29, 0.717) is 132 Å². The standard InChI is InChI=1S/C30H39N3O4S2.C28H35N3O4S2.C27H33N3O4S2.C25H28ClN3O4S2/c1-3-4-5-7-23-10-12-24(13-11-23)21-31-26-16-18-33(19-17-26)39(35,36)29-15-14-28(38-29)22-32-30(34)25-8-6-9-27(20-25)37-2;1-19-14-20(2)26(21(3)15-19)18-29-23-10-12-31(13-11-23)37(33,34)27-9-8-25(36-27)17-30-28(32)22-6-5-7-24(16-22)35-4;1-3-20-7-9-21(10-8-20)18-28-23-13-15-30(16-14-23)36(32,33)26-12-11-25(35-26)19-29-27(31)22-5-4-6-24(17-22)34-2;1-33-22-4-2-3-19(15-22)25(30)28-17-23-9-10-24(34-23)35(31,32)29-13-11-21(12-14-29)27-16-18-5-7-20(26)8-6-18/h6,8-15,20,26,31H,3-5,7,16-19,21-22H2,1-2H3,(H,32,34);5-9,14-16,23,29H,10-13,17-18H2,1-4H3,(H,30,32);4-12,17,23,28H,3,13-16,18-19H2,1-2H3,(H,29,31);2-10,15,21,27H,11-14,16-17H2,1H3,(H,28,30). The summed E-state index contributed by atoms with van der Waals surface area (Å²) in [6.45, 7) is 18.8. The summed E-state index contributed by atoms with van der Waals surface area (Å²) in [6.07, 6.45) is 12.1. The van der Waals surface area contributed by atoms with Gasteiger partial charge in [-0.25, -0.2) is 33.7 Å². The van der Waals surface area contributed by atoms with E-state index in [-0.39, 0.29) is 61.9 Å². The van der Waals surface area contributed by atoms with Gasteiger partial charge in [-0.15, -0.1) is 45.3 Å². The minimum absolute atomic E-state index is 0.232. The zero-order valence-electron chi connectivity index (χ0n) is 84.7. The van der Waals surface area contributed by atoms with Crippen molar-refractivity contribution < 1.29 is 71.8 Å². The van der Waals surface area contributed by atoms with Crippen molar-refractivity contribution in [3.8, 4) is 23.0 Å². The second-order valence-electron chi connectivity index (χ2n) is 36.7. The molecular formula is C110H135ClN12O16S8. The number of aryl methyl sites for hydroxylation is 5. The molecule has 0 spiro atoms. The van der Waals surface area contributed by atoms with Gasteiger partial charge >= 0.3 is 0 Å². The van der Waals surface area contributed by atoms with Crippen molar-refractivity contribution in [2.45, 2.75) is 211 Å². The molecule has 0 bridgehead atoms. The van der Waals surface area contributed by atoms with Crippen LogP contribution in [0.15, 0.2) is 247 Å². The number of rotatable bonds is 41. The Morgan fingerprint density at radius 3 is 0.844 bits per heavy atom. The Hall–Kier alpha value is -10.6. The molecule has 8 aromatic carbocycles. The fraction of sp³-hybridized carbons (Fsp3) is 0.382. The number of hydrogen-bond donors (Lipinski definition) is 8. The molecule has 4 fully saturated rings. The van der Waals surface area contributed by atoms with Gasteiger partial charge in [0.15, 0.2) is 0 Å². The maximum Gasteiger partial charge on any atom is 0.252 e. The summed E-state index contributed by atoms with van der Waals surface area (Å²) in [6, 6.07) is 72.0. The fourth-order valence-corrected chi connectivity index (χ4v) is 29.4. The molecule has 4 aromatic heterocycles. The fourth-order valence-electron chi connectivity index (χ4n) is 17.6. The number of thiophene rings is 4. The van der Waals surface area contributed by atoms with Crippen LogP contribution in [0.1, 0.15) is 195 Å². The maximum atomic E-state index is 13.3. The predicted molar refractivity (Wildman–Crippen MR) is 586 cm³/mol. The van der Waals surface area contributed by atoms with Crippen molar-refractivity contribution in [2.75, 3.05) is 80.8 Å². The molecule has 0 aliphatic carbocycles. The maximum absolute atomic E-state index is 13.3. The van der Waals surface area contributed by atoms with Gasteiger partial charge in [0, 0.05) is 149 Å². The molecule has 4 aliphatic heterocycles. The highest BCUT2D eigenvalue weighted by Gasteiger charge is 2.36. The van der Waals surface area contributed by atoms with Crippen molar-refractivity contribution in [1.82, 2.24) is 59.8 Å². The Balaban J connectivity index is 0.000000164. The third kappa shape index (κ3) is 33.0. The van der Waals surface area contributed by atoms with Gasteiger partial charge in [0.2, 0.25) is 0 Å². The summed E-state index contributed by atoms with van der Waals surface area (Å²) < 4.78 is 134. The molecule has 0 atom stereocenters. The number of benzene rings is 8. The highest BCUT2D eigenvalue weighted by atomic mass is 35.5. The van der Waals surface area contributed by atoms with Crippen LogP contribution < -0.4 is 61.5 Å². The predicted octanol–water partition coefficient (Wildman–Crippen LogP) is 18.4. The monoisotopic (exact) mass is 2170 g/mol. The van der Waals surface area contributed by atoms with Crippen molar-refractivity contribution in [3.63, 3.8) is 0 Å². The second kappa shape index (κ2) is 55.3. The van der Waals surface area contributed by atoms with Crippen LogP contribution in [0.3, 0.4) is 0 Å². The number of unbranched alkanes of at least 4 members (excludes halogenated alkanes) is 2. The zero-order chi connectivity index (χ0) is 105. The lowest BCUT2D eigenvalue weighted by atomic mass is 9.99. The van der Waals surface area contributed by atoms with E-state index in [1.807, 2.05) is 24.3 Å². The number of carbonyl (C=O) groups is 4. The summed E-state index contributed by atoms with van der Waals surface area (Å²) in [5.74, 6) is 1.49. The Labute approximate surface area is 887 Å². The van der Waals surface area contributed by atoms with E-state index in [2.05, 4.69) is 138 Å². The lowest BCUT2D eigenvalue weighted by Crippen LogP contribution is -2.44. The first-order chi connectivity index (χ1) is 70.8. The normalized spacial score (nSPS) is 15.0. The van der Waals surface area contributed by atoms with Gasteiger partial charge in [0.1, 0.15) is 39.8 Å². The Bertz CT molecular complexity index is 6790. The molecule has 4 amide bonds. The van der Waals surface area contributed by atoms with Crippen LogP contribution in [-0.4, -0.2) is 179 Å². The van der Waals surface area contributed by atoms with E-state index in [0.717, 1.165) is 115 Å². The van der Waals surface area contributed by atoms with Gasteiger partial charge in [-0.2, -0.15) is 17.2 Å². The first-order valence-corrected chi connectivity index (χ1v) is 59.1.